The van der Waals surface area contributed by atoms with Crippen molar-refractivity contribution in [3.8, 4) is 0 Å². The van der Waals surface area contributed by atoms with E-state index < -0.39 is 31.5 Å². The summed E-state index contributed by atoms with van der Waals surface area (Å²) in [5.74, 6) is -0.498. The first-order valence-electron chi connectivity index (χ1n) is 9.92. The molecule has 164 valence electrons. The van der Waals surface area contributed by atoms with Gasteiger partial charge in [-0.1, -0.05) is 44.5 Å². The lowest BCUT2D eigenvalue weighted by Crippen LogP contribution is -2.58. The van der Waals surface area contributed by atoms with Gasteiger partial charge < -0.3 is 19.3 Å². The van der Waals surface area contributed by atoms with E-state index in [2.05, 4.69) is 39.2 Å². The van der Waals surface area contributed by atoms with Gasteiger partial charge in [-0.05, 0) is 63.5 Å². The molecular weight excluding hydrogens is 406 g/mol. The molecular formula is C22H36ClNO4Si. The van der Waals surface area contributed by atoms with Crippen LogP contribution in [0.5, 0.6) is 0 Å². The molecule has 0 aromatic heterocycles. The van der Waals surface area contributed by atoms with Gasteiger partial charge in [-0.3, -0.25) is 0 Å². The number of ether oxygens (including phenoxy) is 1. The fourth-order valence-corrected chi connectivity index (χ4v) is 4.11. The lowest BCUT2D eigenvalue weighted by molar-refractivity contribution is -0.176. The molecule has 0 aliphatic heterocycles. The van der Waals surface area contributed by atoms with Crippen LogP contribution in [-0.2, 0) is 24.4 Å². The number of hydrogen-bond donors (Lipinski definition) is 1. The summed E-state index contributed by atoms with van der Waals surface area (Å²) in [6, 6.07) is 6.63. The first-order valence-corrected chi connectivity index (χ1v) is 13.2. The number of nitrogens with one attached hydrogen (secondary N) is 1. The zero-order valence-corrected chi connectivity index (χ0v) is 20.9. The molecule has 0 fully saturated rings. The van der Waals surface area contributed by atoms with Gasteiger partial charge in [0.15, 0.2) is 13.9 Å². The van der Waals surface area contributed by atoms with Crippen LogP contribution >= 0.6 is 11.6 Å². The van der Waals surface area contributed by atoms with Crippen molar-refractivity contribution in [1.82, 2.24) is 5.32 Å². The molecule has 29 heavy (non-hydrogen) atoms. The average molecular weight is 442 g/mol. The fraction of sp³-hybridized carbons (Fsp3) is 0.636. The van der Waals surface area contributed by atoms with Crippen molar-refractivity contribution in [3.63, 3.8) is 0 Å². The van der Waals surface area contributed by atoms with Gasteiger partial charge >= 0.3 is 5.97 Å². The molecule has 1 aromatic rings. The lowest BCUT2D eigenvalue weighted by Gasteiger charge is -2.45. The third-order valence-electron chi connectivity index (χ3n) is 5.13. The predicted octanol–water partition coefficient (Wildman–Crippen LogP) is 5.08. The maximum Gasteiger partial charge on any atom is 0.343 e. The summed E-state index contributed by atoms with van der Waals surface area (Å²) in [6.07, 6.45) is 0.796. The minimum Gasteiger partial charge on any atom is -0.458 e. The number of carbonyl (C=O) groups excluding carboxylic acids is 2. The van der Waals surface area contributed by atoms with E-state index in [4.69, 9.17) is 20.8 Å². The Hall–Kier alpha value is -1.21. The molecule has 0 spiro atoms. The molecule has 0 amide bonds. The van der Waals surface area contributed by atoms with Crippen LogP contribution in [0.2, 0.25) is 23.2 Å². The Morgan fingerprint density at radius 1 is 1.21 bits per heavy atom. The Morgan fingerprint density at radius 2 is 1.79 bits per heavy atom. The Labute approximate surface area is 181 Å². The monoisotopic (exact) mass is 441 g/mol. The van der Waals surface area contributed by atoms with E-state index in [1.165, 1.54) is 0 Å². The molecule has 5 nitrogen and oxygen atoms in total. The molecule has 0 radical (unpaired) electrons. The van der Waals surface area contributed by atoms with E-state index in [0.29, 0.717) is 10.6 Å². The molecule has 0 saturated heterocycles. The van der Waals surface area contributed by atoms with Crippen LogP contribution in [-0.4, -0.2) is 38.8 Å². The van der Waals surface area contributed by atoms with Crippen molar-refractivity contribution in [1.29, 1.82) is 0 Å². The summed E-state index contributed by atoms with van der Waals surface area (Å²) in [5.41, 5.74) is -1.53. The number of aldehydes is 1. The van der Waals surface area contributed by atoms with E-state index >= 15 is 0 Å². The molecule has 0 bridgehead atoms. The number of esters is 1. The normalized spacial score (nSPS) is 16.1. The highest BCUT2D eigenvalue weighted by atomic mass is 35.5. The first kappa shape index (κ1) is 25.8. The van der Waals surface area contributed by atoms with Crippen LogP contribution in [0, 0.1) is 0 Å². The SMILES string of the molecule is C[C@H](C=O)NC[C@@](O[Si](C)(C)C(C)(C)C)(C(=O)OC(C)(C)C)c1cccc(Cl)c1. The van der Waals surface area contributed by atoms with Crippen LogP contribution < -0.4 is 5.32 Å². The summed E-state index contributed by atoms with van der Waals surface area (Å²) in [6.45, 7) is 17.8. The second kappa shape index (κ2) is 9.29. The smallest absolute Gasteiger partial charge is 0.343 e. The first-order chi connectivity index (χ1) is 13.0. The minimum atomic E-state index is -2.43. The van der Waals surface area contributed by atoms with Gasteiger partial charge in [0, 0.05) is 11.6 Å². The van der Waals surface area contributed by atoms with Crippen molar-refractivity contribution in [2.45, 2.75) is 83.8 Å². The molecule has 1 rings (SSSR count). The Morgan fingerprint density at radius 3 is 2.24 bits per heavy atom. The standard InChI is InChI=1S/C22H36ClNO4Si/c1-16(14-25)24-15-22(19(26)27-20(2,3)4,17-11-10-12-18(23)13-17)28-29(8,9)21(5,6)7/h10-14,16,24H,15H2,1-9H3/t16-,22+/m1/s1. The van der Waals surface area contributed by atoms with Gasteiger partial charge in [-0.2, -0.15) is 0 Å². The number of hydrogen-bond acceptors (Lipinski definition) is 5. The van der Waals surface area contributed by atoms with Gasteiger partial charge in [-0.15, -0.1) is 0 Å². The summed E-state index contributed by atoms with van der Waals surface area (Å²) in [7, 11) is -2.43. The van der Waals surface area contributed by atoms with Gasteiger partial charge in [0.2, 0.25) is 0 Å². The second-order valence-corrected chi connectivity index (χ2v) is 15.2. The maximum atomic E-state index is 13.6. The largest absolute Gasteiger partial charge is 0.458 e. The Bertz CT molecular complexity index is 724. The van der Waals surface area contributed by atoms with Crippen LogP contribution in [0.25, 0.3) is 0 Å². The molecule has 0 aliphatic rings. The summed E-state index contributed by atoms with van der Waals surface area (Å²) >= 11 is 6.27. The van der Waals surface area contributed by atoms with Crippen molar-refractivity contribution < 1.29 is 18.8 Å². The van der Waals surface area contributed by atoms with Gasteiger partial charge in [-0.25, -0.2) is 4.79 Å². The Kier molecular flexibility index (Phi) is 8.27. The van der Waals surface area contributed by atoms with Crippen LogP contribution in [0.3, 0.4) is 0 Å². The lowest BCUT2D eigenvalue weighted by atomic mass is 9.93. The topological polar surface area (TPSA) is 64.6 Å². The number of rotatable bonds is 8. The molecule has 0 unspecified atom stereocenters. The zero-order valence-electron chi connectivity index (χ0n) is 19.2. The second-order valence-electron chi connectivity index (χ2n) is 10.0. The summed E-state index contributed by atoms with van der Waals surface area (Å²) in [5, 5.41) is 3.47. The van der Waals surface area contributed by atoms with Crippen molar-refractivity contribution >= 4 is 32.2 Å². The third-order valence-corrected chi connectivity index (χ3v) is 9.84. The highest BCUT2D eigenvalue weighted by Crippen LogP contribution is 2.43. The molecule has 2 atom stereocenters. The van der Waals surface area contributed by atoms with Gasteiger partial charge in [0.1, 0.15) is 11.9 Å². The van der Waals surface area contributed by atoms with Crippen molar-refractivity contribution in [2.75, 3.05) is 6.54 Å². The molecule has 0 aliphatic carbocycles. The van der Waals surface area contributed by atoms with Crippen molar-refractivity contribution in [2.24, 2.45) is 0 Å². The quantitative estimate of drug-likeness (QED) is 0.346. The molecule has 0 heterocycles. The maximum absolute atomic E-state index is 13.6. The molecule has 0 saturated carbocycles. The molecule has 1 aromatic carbocycles. The summed E-state index contributed by atoms with van der Waals surface area (Å²) in [4.78, 5) is 24.8. The highest BCUT2D eigenvalue weighted by molar-refractivity contribution is 6.74. The third kappa shape index (κ3) is 6.91. The van der Waals surface area contributed by atoms with Gasteiger partial charge in [0.25, 0.3) is 0 Å². The summed E-state index contributed by atoms with van der Waals surface area (Å²) < 4.78 is 12.6. The minimum absolute atomic E-state index is 0.0919. The molecule has 1 N–H and O–H groups in total. The highest BCUT2D eigenvalue weighted by Gasteiger charge is 2.52. The fourth-order valence-electron chi connectivity index (χ4n) is 2.47. The average Bonchev–Trinajstić information content (AvgIpc) is 2.55. The van der Waals surface area contributed by atoms with Crippen LogP contribution in [0.1, 0.15) is 54.0 Å². The Balaban J connectivity index is 3.65. The van der Waals surface area contributed by atoms with E-state index in [1.54, 1.807) is 25.1 Å². The van der Waals surface area contributed by atoms with E-state index in [0.717, 1.165) is 6.29 Å². The zero-order chi connectivity index (χ0) is 22.7. The van der Waals surface area contributed by atoms with E-state index in [1.807, 2.05) is 26.8 Å². The van der Waals surface area contributed by atoms with E-state index in [9.17, 15) is 9.59 Å². The predicted molar refractivity (Wildman–Crippen MR) is 121 cm³/mol. The van der Waals surface area contributed by atoms with Crippen LogP contribution in [0.15, 0.2) is 24.3 Å². The number of benzene rings is 1. The van der Waals surface area contributed by atoms with Crippen molar-refractivity contribution in [3.05, 3.63) is 34.9 Å². The van der Waals surface area contributed by atoms with Crippen LogP contribution in [0.4, 0.5) is 0 Å². The molecule has 7 heteroatoms. The van der Waals surface area contributed by atoms with E-state index in [-0.39, 0.29) is 11.6 Å². The number of carbonyl (C=O) groups is 2. The van der Waals surface area contributed by atoms with Gasteiger partial charge in [0.05, 0.1) is 6.04 Å². The number of halogens is 1.